The van der Waals surface area contributed by atoms with Crippen LogP contribution in [-0.2, 0) is 0 Å². The van der Waals surface area contributed by atoms with Crippen LogP contribution in [0.1, 0.15) is 0 Å². The third kappa shape index (κ3) is 11.0. The van der Waals surface area contributed by atoms with Crippen LogP contribution in [0.3, 0.4) is 0 Å². The van der Waals surface area contributed by atoms with Crippen molar-refractivity contribution >= 4 is 256 Å². The zero-order chi connectivity index (χ0) is 95.6. The summed E-state index contributed by atoms with van der Waals surface area (Å²) in [4.78, 5) is 27.0. The Morgan fingerprint density at radius 3 is 1.14 bits per heavy atom. The first-order chi connectivity index (χ1) is 73.0. The van der Waals surface area contributed by atoms with Crippen LogP contribution in [0.4, 0.5) is 0 Å². The van der Waals surface area contributed by atoms with Gasteiger partial charge in [-0.1, -0.05) is 358 Å². The van der Waals surface area contributed by atoms with Crippen LogP contribution in [0.2, 0.25) is 0 Å². The van der Waals surface area contributed by atoms with E-state index < -0.39 is 0 Å². The number of benzene rings is 22. The summed E-state index contributed by atoms with van der Waals surface area (Å²) in [6, 6.07) is 171. The molecule has 0 aliphatic rings. The molecule has 22 aromatic carbocycles. The molecule has 147 heavy (non-hydrogen) atoms. The number of pyridine rings is 1. The predicted molar refractivity (Wildman–Crippen MR) is 613 cm³/mol. The Hall–Kier alpha value is -20.0. The average Bonchev–Trinajstić information content (AvgIpc) is 1.51. The summed E-state index contributed by atoms with van der Waals surface area (Å²) in [6.45, 7) is 0. The number of rotatable bonds is 7. The zero-order valence-electron chi connectivity index (χ0n) is 78.9. The molecule has 12 nitrogen and oxygen atoms in total. The van der Waals surface area contributed by atoms with Crippen LogP contribution < -0.4 is 0 Å². The Kier molecular flexibility index (Phi) is 16.4. The Balaban J connectivity index is 0.0000000967. The van der Waals surface area contributed by atoms with Crippen LogP contribution in [0.25, 0.3) is 313 Å². The summed E-state index contributed by atoms with van der Waals surface area (Å²) >= 11 is 0. The molecule has 13 aromatic heterocycles. The summed E-state index contributed by atoms with van der Waals surface area (Å²) in [5, 5.41) is 31.9. The second kappa shape index (κ2) is 30.3. The van der Waals surface area contributed by atoms with Crippen molar-refractivity contribution in [1.29, 1.82) is 0 Å². The lowest BCUT2D eigenvalue weighted by molar-refractivity contribution is 1.01. The van der Waals surface area contributed by atoms with Gasteiger partial charge in [0.2, 0.25) is 5.95 Å². The maximum absolute atomic E-state index is 5.54. The minimum absolute atomic E-state index is 0.648. The highest BCUT2D eigenvalue weighted by Crippen LogP contribution is 2.54. The average molecular weight is 1870 g/mol. The summed E-state index contributed by atoms with van der Waals surface area (Å²) in [5.74, 6) is 1.48. The molecule has 0 bridgehead atoms. The van der Waals surface area contributed by atoms with Gasteiger partial charge in [0.05, 0.1) is 133 Å². The Labute approximate surface area is 836 Å². The topological polar surface area (TPSA) is 97.4 Å². The van der Waals surface area contributed by atoms with E-state index in [2.05, 4.69) is 486 Å². The van der Waals surface area contributed by atoms with Crippen LogP contribution in [0, 0.1) is 0 Å². The van der Waals surface area contributed by atoms with Crippen molar-refractivity contribution in [3.63, 3.8) is 0 Å². The number of hydrogen-bond donors (Lipinski definition) is 0. The quantitative estimate of drug-likeness (QED) is 0.158. The molecule has 0 spiro atoms. The van der Waals surface area contributed by atoms with Crippen molar-refractivity contribution < 1.29 is 0 Å². The molecule has 13 heterocycles. The molecule has 0 unspecified atom stereocenters. The standard InChI is InChI=1S/C50H29N5.C43H25N3.C42H24N4/c1-3-15-30(16-4-1)46-36-21-7-10-24-39(36)51-50(52-46)55-43-28-14-27-42-45(43)44-37(35-23-13-22-34-32-19-8-12-26-41(32)54(42)47(34)35)29-38-33-20-9-11-25-40(33)53(48(38)49(44)55)31-17-5-2-6-18-31;1-2-12-26(13-3-1)41-38(25-28-15-5-8-21-34(28)44-41)45-36-23-11-18-31-33-20-10-19-32-30-17-7-9-22-35(30)46(42(32)33)43-29-16-6-4-14-27(29)24-37(45)40(43)39(31)36;1-2-12-25(13-3-1)39-42(44-33-20-8-7-19-32(33)43-39)46-36-23-11-22-35-38(36)37-31(24-26-14-4-5-15-27(26)41(37)46)30-18-10-17-29-28-16-6-9-21-34(28)45(35)40(29)30/h1-29H;1-25H;1-24H. The fourth-order valence-electron chi connectivity index (χ4n) is 25.7. The van der Waals surface area contributed by atoms with Gasteiger partial charge in [0.25, 0.3) is 0 Å². The van der Waals surface area contributed by atoms with Crippen molar-refractivity contribution in [2.45, 2.75) is 0 Å². The van der Waals surface area contributed by atoms with Crippen molar-refractivity contribution in [3.05, 3.63) is 473 Å². The highest BCUT2D eigenvalue weighted by atomic mass is 15.2. The molecular weight excluding hydrogens is 1790 g/mol. The summed E-state index contributed by atoms with van der Waals surface area (Å²) < 4.78 is 17.2. The number of fused-ring (bicyclic) bond motifs is 26. The highest BCUT2D eigenvalue weighted by Gasteiger charge is 2.33. The van der Waals surface area contributed by atoms with Gasteiger partial charge in [-0.3, -0.25) is 9.13 Å². The van der Waals surface area contributed by atoms with E-state index in [0.29, 0.717) is 5.95 Å². The number of nitrogens with zero attached hydrogens (tertiary/aromatic N) is 12. The minimum Gasteiger partial charge on any atom is -0.308 e. The first kappa shape index (κ1) is 79.8. The molecule has 0 amide bonds. The van der Waals surface area contributed by atoms with Gasteiger partial charge >= 0.3 is 0 Å². The fourth-order valence-corrected chi connectivity index (χ4v) is 25.7. The molecule has 0 fully saturated rings. The Morgan fingerprint density at radius 1 is 0.150 bits per heavy atom. The normalized spacial score (nSPS) is 12.4. The molecule has 0 saturated heterocycles. The van der Waals surface area contributed by atoms with E-state index in [1.54, 1.807) is 0 Å². The van der Waals surface area contributed by atoms with Crippen LogP contribution in [-0.4, -0.2) is 56.4 Å². The maximum atomic E-state index is 5.54. The van der Waals surface area contributed by atoms with Gasteiger partial charge in [0.15, 0.2) is 5.82 Å². The molecule has 12 heteroatoms. The van der Waals surface area contributed by atoms with Gasteiger partial charge in [0.1, 0.15) is 5.69 Å². The summed E-state index contributed by atoms with van der Waals surface area (Å²) in [7, 11) is 0. The van der Waals surface area contributed by atoms with Gasteiger partial charge in [-0.05, 0) is 142 Å². The minimum atomic E-state index is 0.648. The SMILES string of the molecule is c1ccc(-c2nc(-n3c4cccc5c4c4c(cc6c7ccccc7n(-c7ccccc7)c6c43)c3cccc4c6ccccc6n5c34)nc3ccccc23)cc1.c1ccc(-c2nc3ccccc3cc2-n2c3cccc4c5cccc6c7ccccc7n(c56)c5c6ccccc6cc2c5c43)cc1.c1ccc(-c2nc3ccccc3nc2-n2c3cccc4c3c3c(cc5ccccc5c32)c2cccc3c5ccccc5n4c23)cc1. The third-order valence-corrected chi connectivity index (χ3v) is 31.5. The van der Waals surface area contributed by atoms with E-state index in [1.165, 1.54) is 184 Å². The molecule has 35 aromatic rings. The lowest BCUT2D eigenvalue weighted by Crippen LogP contribution is -2.05. The van der Waals surface area contributed by atoms with Crippen molar-refractivity contribution in [2.24, 2.45) is 0 Å². The molecule has 0 aliphatic carbocycles. The van der Waals surface area contributed by atoms with E-state index >= 15 is 0 Å². The van der Waals surface area contributed by atoms with E-state index in [4.69, 9.17) is 24.9 Å². The largest absolute Gasteiger partial charge is 0.308 e. The Bertz CT molecular complexity index is 11800. The third-order valence-electron chi connectivity index (χ3n) is 31.5. The first-order valence-electron chi connectivity index (χ1n) is 50.3. The van der Waals surface area contributed by atoms with Crippen LogP contribution in [0.15, 0.2) is 473 Å². The first-order valence-corrected chi connectivity index (χ1v) is 50.3. The molecule has 0 radical (unpaired) electrons. The smallest absolute Gasteiger partial charge is 0.235 e. The van der Waals surface area contributed by atoms with E-state index in [-0.39, 0.29) is 0 Å². The van der Waals surface area contributed by atoms with Crippen molar-refractivity contribution in [1.82, 2.24) is 56.4 Å². The molecule has 678 valence electrons. The lowest BCUT2D eigenvalue weighted by Gasteiger charge is -2.16. The number of para-hydroxylation sites is 12. The van der Waals surface area contributed by atoms with E-state index in [9.17, 15) is 0 Å². The number of aromatic nitrogens is 12. The second-order valence-corrected chi connectivity index (χ2v) is 39.1. The Morgan fingerprint density at radius 2 is 0.537 bits per heavy atom. The monoisotopic (exact) mass is 1870 g/mol. The number of hydrogen-bond acceptors (Lipinski definition) is 5. The molecule has 0 atom stereocenters. The van der Waals surface area contributed by atoms with Gasteiger partial charge < -0.3 is 22.3 Å². The van der Waals surface area contributed by atoms with Crippen molar-refractivity contribution in [2.75, 3.05) is 0 Å². The highest BCUT2D eigenvalue weighted by molar-refractivity contribution is 6.40. The summed E-state index contributed by atoms with van der Waals surface area (Å²) in [5.41, 5.74) is 31.9. The second-order valence-electron chi connectivity index (χ2n) is 39.1. The fraction of sp³-hybridized carbons (Fsp3) is 0. The maximum Gasteiger partial charge on any atom is 0.235 e. The summed E-state index contributed by atoms with van der Waals surface area (Å²) in [6.07, 6.45) is 0. The molecule has 0 aliphatic heterocycles. The van der Waals surface area contributed by atoms with E-state index in [0.717, 1.165) is 122 Å². The van der Waals surface area contributed by atoms with E-state index in [1.807, 2.05) is 18.2 Å². The molecule has 35 rings (SSSR count). The molecule has 0 N–H and O–H groups in total. The van der Waals surface area contributed by atoms with Gasteiger partial charge in [-0.25, -0.2) is 24.9 Å². The molecule has 0 saturated carbocycles. The van der Waals surface area contributed by atoms with Gasteiger partial charge in [0, 0.05) is 135 Å². The van der Waals surface area contributed by atoms with Gasteiger partial charge in [-0.2, -0.15) is 0 Å². The van der Waals surface area contributed by atoms with Gasteiger partial charge in [-0.15, -0.1) is 0 Å². The van der Waals surface area contributed by atoms with Crippen LogP contribution >= 0.6 is 0 Å². The molecular formula is C135H78N12. The lowest BCUT2D eigenvalue weighted by atomic mass is 9.99. The zero-order valence-corrected chi connectivity index (χ0v) is 78.9. The van der Waals surface area contributed by atoms with Crippen LogP contribution in [0.5, 0.6) is 0 Å². The predicted octanol–water partition coefficient (Wildman–Crippen LogP) is 34.6. The van der Waals surface area contributed by atoms with Crippen molar-refractivity contribution in [3.8, 4) is 56.9 Å².